The van der Waals surface area contributed by atoms with Gasteiger partial charge in [-0.25, -0.2) is 4.98 Å². The number of nitrogens with zero attached hydrogens (tertiary/aromatic N) is 2. The summed E-state index contributed by atoms with van der Waals surface area (Å²) in [7, 11) is 1.91. The van der Waals surface area contributed by atoms with Crippen LogP contribution in [0.15, 0.2) is 22.7 Å². The highest BCUT2D eigenvalue weighted by Crippen LogP contribution is 2.26. The van der Waals surface area contributed by atoms with E-state index in [2.05, 4.69) is 32.3 Å². The lowest BCUT2D eigenvalue weighted by Crippen LogP contribution is -2.38. The average Bonchev–Trinajstić information content (AvgIpc) is 3.12. The van der Waals surface area contributed by atoms with Gasteiger partial charge in [-0.05, 0) is 31.2 Å². The van der Waals surface area contributed by atoms with E-state index in [1.807, 2.05) is 24.1 Å². The summed E-state index contributed by atoms with van der Waals surface area (Å²) < 4.78 is 2.21. The highest BCUT2D eigenvalue weighted by Gasteiger charge is 2.22. The summed E-state index contributed by atoms with van der Waals surface area (Å²) in [4.78, 5) is 18.7. The molecule has 0 saturated carbocycles. The second kappa shape index (κ2) is 9.18. The number of aryl methyl sites for hydroxylation is 1. The van der Waals surface area contributed by atoms with Crippen molar-refractivity contribution in [2.24, 2.45) is 0 Å². The van der Waals surface area contributed by atoms with Crippen LogP contribution in [0.4, 0.5) is 0 Å². The van der Waals surface area contributed by atoms with Gasteiger partial charge in [0.2, 0.25) is 5.91 Å². The van der Waals surface area contributed by atoms with Crippen molar-refractivity contribution in [1.29, 1.82) is 0 Å². The Balaban J connectivity index is 0.00000132. The third kappa shape index (κ3) is 5.03. The van der Waals surface area contributed by atoms with Crippen molar-refractivity contribution in [3.63, 3.8) is 0 Å². The number of rotatable bonds is 4. The van der Waals surface area contributed by atoms with Crippen LogP contribution in [0.5, 0.6) is 0 Å². The molecule has 2 heterocycles. The van der Waals surface area contributed by atoms with Crippen molar-refractivity contribution >= 4 is 68.2 Å². The summed E-state index contributed by atoms with van der Waals surface area (Å²) >= 11 is 5.14. The van der Waals surface area contributed by atoms with Crippen molar-refractivity contribution in [3.8, 4) is 0 Å². The molecular formula is C15H20BrCl2N3OS. The molecule has 1 aliphatic rings. The number of hydrogen-bond acceptors (Lipinski definition) is 4. The zero-order valence-corrected chi connectivity index (χ0v) is 16.8. The van der Waals surface area contributed by atoms with Gasteiger partial charge in [-0.3, -0.25) is 4.79 Å². The van der Waals surface area contributed by atoms with Crippen LogP contribution in [0.3, 0.4) is 0 Å². The number of likely N-dealkylation sites (N-methyl/N-ethyl adjacent to an activating group) is 1. The van der Waals surface area contributed by atoms with Crippen LogP contribution in [0.2, 0.25) is 0 Å². The summed E-state index contributed by atoms with van der Waals surface area (Å²) in [6.45, 7) is 1.92. The summed E-state index contributed by atoms with van der Waals surface area (Å²) in [5.74, 6) is 0.212. The lowest BCUT2D eigenvalue weighted by molar-refractivity contribution is -0.131. The minimum absolute atomic E-state index is 0. The zero-order chi connectivity index (χ0) is 14.8. The van der Waals surface area contributed by atoms with Gasteiger partial charge in [0.05, 0.1) is 15.2 Å². The third-order valence-corrected chi connectivity index (χ3v) is 5.51. The van der Waals surface area contributed by atoms with Gasteiger partial charge in [0.25, 0.3) is 0 Å². The van der Waals surface area contributed by atoms with Gasteiger partial charge < -0.3 is 10.2 Å². The molecule has 0 radical (unpaired) electrons. The molecule has 1 aromatic carbocycles. The number of thiazole rings is 1. The van der Waals surface area contributed by atoms with Crippen LogP contribution in [-0.4, -0.2) is 42.0 Å². The van der Waals surface area contributed by atoms with Crippen LogP contribution in [-0.2, 0) is 11.2 Å². The molecule has 8 heteroatoms. The Bertz CT molecular complexity index is 661. The summed E-state index contributed by atoms with van der Waals surface area (Å²) in [5.41, 5.74) is 1.00. The first-order chi connectivity index (χ1) is 10.1. The minimum Gasteiger partial charge on any atom is -0.341 e. The number of benzene rings is 1. The van der Waals surface area contributed by atoms with Crippen molar-refractivity contribution in [1.82, 2.24) is 15.2 Å². The smallest absolute Gasteiger partial charge is 0.223 e. The molecule has 128 valence electrons. The Morgan fingerprint density at radius 1 is 1.48 bits per heavy atom. The highest BCUT2D eigenvalue weighted by atomic mass is 79.9. The molecule has 23 heavy (non-hydrogen) atoms. The van der Waals surface area contributed by atoms with Gasteiger partial charge >= 0.3 is 0 Å². The van der Waals surface area contributed by atoms with Gasteiger partial charge in [-0.2, -0.15) is 0 Å². The van der Waals surface area contributed by atoms with Gasteiger partial charge in [0, 0.05) is 36.9 Å². The highest BCUT2D eigenvalue weighted by molar-refractivity contribution is 9.10. The molecule has 1 aromatic heterocycles. The van der Waals surface area contributed by atoms with E-state index in [1.54, 1.807) is 11.3 Å². The predicted octanol–water partition coefficient (Wildman–Crippen LogP) is 3.66. The van der Waals surface area contributed by atoms with Gasteiger partial charge in [0.1, 0.15) is 0 Å². The maximum Gasteiger partial charge on any atom is 0.223 e. The molecule has 2 aromatic rings. The fourth-order valence-corrected chi connectivity index (χ4v) is 3.92. The van der Waals surface area contributed by atoms with E-state index in [1.165, 1.54) is 4.70 Å². The fourth-order valence-electron chi connectivity index (χ4n) is 2.62. The second-order valence-electron chi connectivity index (χ2n) is 5.37. The molecule has 1 atom stereocenters. The number of aromatic nitrogens is 1. The number of fused-ring (bicyclic) bond motifs is 1. The lowest BCUT2D eigenvalue weighted by atomic mass is 10.2. The van der Waals surface area contributed by atoms with Crippen LogP contribution in [0.25, 0.3) is 10.2 Å². The topological polar surface area (TPSA) is 45.2 Å². The molecule has 3 rings (SSSR count). The van der Waals surface area contributed by atoms with Gasteiger partial charge in [-0.15, -0.1) is 36.2 Å². The van der Waals surface area contributed by atoms with E-state index in [0.717, 1.165) is 40.9 Å². The Kier molecular flexibility index (Phi) is 8.24. The van der Waals surface area contributed by atoms with Gasteiger partial charge in [0.15, 0.2) is 0 Å². The summed E-state index contributed by atoms with van der Waals surface area (Å²) in [6, 6.07) is 6.46. The van der Waals surface area contributed by atoms with E-state index >= 15 is 0 Å². The van der Waals surface area contributed by atoms with Gasteiger partial charge in [-0.1, -0.05) is 15.9 Å². The second-order valence-corrected chi connectivity index (χ2v) is 7.40. The van der Waals surface area contributed by atoms with Crippen LogP contribution < -0.4 is 5.32 Å². The monoisotopic (exact) mass is 439 g/mol. The van der Waals surface area contributed by atoms with E-state index in [9.17, 15) is 4.79 Å². The van der Waals surface area contributed by atoms with E-state index in [-0.39, 0.29) is 30.7 Å². The average molecular weight is 441 g/mol. The maximum atomic E-state index is 12.2. The first kappa shape index (κ1) is 20.6. The molecule has 1 N–H and O–H groups in total. The number of nitrogens with one attached hydrogen (secondary N) is 1. The van der Waals surface area contributed by atoms with Crippen molar-refractivity contribution in [3.05, 3.63) is 27.7 Å². The molecule has 1 fully saturated rings. The quantitative estimate of drug-likeness (QED) is 0.788. The molecular weight excluding hydrogens is 421 g/mol. The number of hydrogen-bond donors (Lipinski definition) is 1. The van der Waals surface area contributed by atoms with Crippen LogP contribution in [0, 0.1) is 0 Å². The number of carbonyl (C=O) groups excluding carboxylic acids is 1. The minimum atomic E-state index is 0. The lowest BCUT2D eigenvalue weighted by Gasteiger charge is -2.23. The standard InChI is InChI=1S/C15H18BrN3OS.2ClH/c1-19(11-6-7-17-9-11)15(20)5-4-14-18-12-8-10(16)2-3-13(12)21-14;;/h2-3,8,11,17H,4-7,9H2,1H3;2*1H. The number of carbonyl (C=O) groups is 1. The molecule has 1 amide bonds. The molecule has 0 bridgehead atoms. The Morgan fingerprint density at radius 3 is 2.96 bits per heavy atom. The third-order valence-electron chi connectivity index (χ3n) is 3.92. The molecule has 4 nitrogen and oxygen atoms in total. The molecule has 1 saturated heterocycles. The first-order valence-electron chi connectivity index (χ1n) is 7.15. The van der Waals surface area contributed by atoms with Crippen LogP contribution >= 0.6 is 52.1 Å². The largest absolute Gasteiger partial charge is 0.341 e. The Hall–Kier alpha value is -0.400. The molecule has 1 unspecified atom stereocenters. The Morgan fingerprint density at radius 2 is 2.26 bits per heavy atom. The summed E-state index contributed by atoms with van der Waals surface area (Å²) in [6.07, 6.45) is 2.31. The molecule has 1 aliphatic heterocycles. The normalized spacial score (nSPS) is 16.7. The van der Waals surface area contributed by atoms with E-state index < -0.39 is 0 Å². The number of halogens is 3. The van der Waals surface area contributed by atoms with E-state index in [0.29, 0.717) is 12.5 Å². The van der Waals surface area contributed by atoms with Crippen LogP contribution in [0.1, 0.15) is 17.8 Å². The SMILES string of the molecule is CN(C(=O)CCc1nc2cc(Br)ccc2s1)C1CCNC1.Cl.Cl. The zero-order valence-electron chi connectivity index (χ0n) is 12.8. The molecule has 0 spiro atoms. The molecule has 0 aliphatic carbocycles. The fraction of sp³-hybridized carbons (Fsp3) is 0.467. The summed E-state index contributed by atoms with van der Waals surface area (Å²) in [5, 5.41) is 4.33. The first-order valence-corrected chi connectivity index (χ1v) is 8.76. The maximum absolute atomic E-state index is 12.2. The Labute approximate surface area is 161 Å². The van der Waals surface area contributed by atoms with E-state index in [4.69, 9.17) is 0 Å². The van der Waals surface area contributed by atoms with Crippen molar-refractivity contribution in [2.45, 2.75) is 25.3 Å². The van der Waals surface area contributed by atoms with Crippen molar-refractivity contribution < 1.29 is 4.79 Å². The predicted molar refractivity (Wildman–Crippen MR) is 104 cm³/mol. The van der Waals surface area contributed by atoms with Crippen molar-refractivity contribution in [2.75, 3.05) is 20.1 Å². The number of amides is 1.